The van der Waals surface area contributed by atoms with Gasteiger partial charge in [-0.2, -0.15) is 0 Å². The summed E-state index contributed by atoms with van der Waals surface area (Å²) in [4.78, 5) is 10.9. The molecular weight excluding hydrogens is 799 g/mol. The minimum atomic E-state index is -0.158. The van der Waals surface area contributed by atoms with E-state index in [9.17, 15) is 0 Å². The summed E-state index contributed by atoms with van der Waals surface area (Å²) in [5.41, 5.74) is 19.5. The van der Waals surface area contributed by atoms with Crippen molar-refractivity contribution in [2.45, 2.75) is 6.04 Å². The van der Waals surface area contributed by atoms with E-state index < -0.39 is 0 Å². The average Bonchev–Trinajstić information content (AvgIpc) is 3.41. The summed E-state index contributed by atoms with van der Waals surface area (Å²) in [6.45, 7) is 0. The van der Waals surface area contributed by atoms with E-state index in [-0.39, 0.29) is 6.04 Å². The van der Waals surface area contributed by atoms with Crippen molar-refractivity contribution in [3.05, 3.63) is 289 Å². The fourth-order valence-electron chi connectivity index (χ4n) is 9.21. The molecule has 1 aliphatic heterocycles. The lowest BCUT2D eigenvalue weighted by molar-refractivity contribution is 0.787. The summed E-state index contributed by atoms with van der Waals surface area (Å²) in [7, 11) is 0. The maximum atomic E-state index is 5.43. The molecule has 0 saturated heterocycles. The van der Waals surface area contributed by atoms with Crippen molar-refractivity contribution in [2.24, 2.45) is 0 Å². The summed E-state index contributed by atoms with van der Waals surface area (Å²) < 4.78 is 0. The predicted octanol–water partition coefficient (Wildman–Crippen LogP) is 15.6. The minimum absolute atomic E-state index is 0.158. The molecule has 3 heteroatoms. The zero-order chi connectivity index (χ0) is 44.1. The largest absolute Gasteiger partial charge is 0.373 e. The van der Waals surface area contributed by atoms with E-state index in [1.54, 1.807) is 0 Å². The molecule has 66 heavy (non-hydrogen) atoms. The first-order valence-electron chi connectivity index (χ1n) is 22.5. The number of hydrogen-bond acceptors (Lipinski definition) is 3. The predicted molar refractivity (Wildman–Crippen MR) is 274 cm³/mol. The van der Waals surface area contributed by atoms with E-state index in [1.165, 1.54) is 11.1 Å². The second-order valence-electron chi connectivity index (χ2n) is 16.6. The molecule has 1 unspecified atom stereocenters. The van der Waals surface area contributed by atoms with Crippen molar-refractivity contribution in [1.29, 1.82) is 0 Å². The lowest BCUT2D eigenvalue weighted by Crippen LogP contribution is -2.27. The first-order chi connectivity index (χ1) is 32.7. The highest BCUT2D eigenvalue weighted by Gasteiger charge is 2.33. The first kappa shape index (κ1) is 40.1. The van der Waals surface area contributed by atoms with Gasteiger partial charge in [0.15, 0.2) is 5.82 Å². The molecule has 0 saturated carbocycles. The molecule has 0 spiro atoms. The molecule has 1 N–H and O–H groups in total. The summed E-state index contributed by atoms with van der Waals surface area (Å²) in [6, 6.07) is 92.4. The van der Waals surface area contributed by atoms with Crippen LogP contribution < -0.4 is 5.32 Å². The Balaban J connectivity index is 1.15. The molecule has 0 bridgehead atoms. The number of nitrogens with one attached hydrogen (secondary N) is 1. The van der Waals surface area contributed by atoms with Crippen LogP contribution in [0, 0.1) is 0 Å². The highest BCUT2D eigenvalue weighted by molar-refractivity contribution is 6.24. The number of benzene rings is 9. The normalized spacial score (nSPS) is 13.6. The van der Waals surface area contributed by atoms with E-state index in [1.807, 2.05) is 0 Å². The standard InChI is InChI=1S/C63H45N3/c1-7-22-44(23-8-1)50-34-19-36-52(40-50)56-43-57(53-37-20-35-51(41-53)45-24-9-2-10-25-45)65-63(64-56)55-39-21-38-54(42-55)58-59(46-26-11-3-12-27-46)61(48-30-15-5-16-31-48)66-62(49-32-17-6-18-33-49)60(58)47-28-13-4-14-29-47/h1-43,61,66H. The Morgan fingerprint density at radius 2 is 0.652 bits per heavy atom. The van der Waals surface area contributed by atoms with E-state index in [0.29, 0.717) is 5.82 Å². The third-order valence-electron chi connectivity index (χ3n) is 12.4. The van der Waals surface area contributed by atoms with Gasteiger partial charge < -0.3 is 5.32 Å². The molecule has 9 aromatic carbocycles. The van der Waals surface area contributed by atoms with Crippen LogP contribution in [-0.2, 0) is 0 Å². The Kier molecular flexibility index (Phi) is 11.1. The fourth-order valence-corrected chi connectivity index (χ4v) is 9.21. The summed E-state index contributed by atoms with van der Waals surface area (Å²) in [5.74, 6) is 0.656. The Hall–Kier alpha value is -8.66. The Morgan fingerprint density at radius 1 is 0.273 bits per heavy atom. The summed E-state index contributed by atoms with van der Waals surface area (Å²) in [5, 5.41) is 4.11. The van der Waals surface area contributed by atoms with Gasteiger partial charge >= 0.3 is 0 Å². The molecule has 1 atom stereocenters. The van der Waals surface area contributed by atoms with Crippen LogP contribution in [0.5, 0.6) is 0 Å². The van der Waals surface area contributed by atoms with Crippen LogP contribution >= 0.6 is 0 Å². The van der Waals surface area contributed by atoms with Crippen LogP contribution in [-0.4, -0.2) is 9.97 Å². The quantitative estimate of drug-likeness (QED) is 0.149. The third-order valence-corrected chi connectivity index (χ3v) is 12.4. The van der Waals surface area contributed by atoms with Crippen molar-refractivity contribution >= 4 is 22.4 Å². The third kappa shape index (κ3) is 8.18. The molecule has 2 heterocycles. The lowest BCUT2D eigenvalue weighted by atomic mass is 9.77. The minimum Gasteiger partial charge on any atom is -0.373 e. The zero-order valence-electron chi connectivity index (χ0n) is 36.3. The molecule has 0 radical (unpaired) electrons. The van der Waals surface area contributed by atoms with Gasteiger partial charge in [-0.1, -0.05) is 237 Å². The number of hydrogen-bond donors (Lipinski definition) is 1. The second-order valence-corrected chi connectivity index (χ2v) is 16.6. The number of nitrogens with zero attached hydrogens (tertiary/aromatic N) is 2. The summed E-state index contributed by atoms with van der Waals surface area (Å²) >= 11 is 0. The van der Waals surface area contributed by atoms with Gasteiger partial charge in [0.1, 0.15) is 0 Å². The van der Waals surface area contributed by atoms with E-state index in [4.69, 9.17) is 9.97 Å². The molecule has 0 amide bonds. The van der Waals surface area contributed by atoms with Crippen LogP contribution in [0.2, 0.25) is 0 Å². The molecule has 1 aromatic heterocycles. The molecule has 0 fully saturated rings. The number of allylic oxidation sites excluding steroid dienone is 2. The van der Waals surface area contributed by atoms with Crippen molar-refractivity contribution in [3.8, 4) is 56.2 Å². The molecular formula is C63H45N3. The molecule has 11 rings (SSSR count). The second kappa shape index (κ2) is 18.2. The van der Waals surface area contributed by atoms with E-state index >= 15 is 0 Å². The SMILES string of the molecule is c1ccc(C2=C(c3ccccc3)C(c3cccc(-c4nc(-c5cccc(-c6ccccc6)c5)cc(-c5cccc(-c6ccccc6)c5)n4)c3)=C(c3ccccc3)C(c3ccccc3)N2)cc1. The van der Waals surface area contributed by atoms with Crippen LogP contribution in [0.25, 0.3) is 78.6 Å². The van der Waals surface area contributed by atoms with Crippen LogP contribution in [0.3, 0.4) is 0 Å². The number of dihydropyridines is 1. The van der Waals surface area contributed by atoms with Gasteiger partial charge in [-0.3, -0.25) is 0 Å². The van der Waals surface area contributed by atoms with Crippen LogP contribution in [0.1, 0.15) is 33.9 Å². The van der Waals surface area contributed by atoms with E-state index in [2.05, 4.69) is 266 Å². The molecule has 312 valence electrons. The van der Waals surface area contributed by atoms with Gasteiger partial charge in [-0.25, -0.2) is 9.97 Å². The van der Waals surface area contributed by atoms with Crippen LogP contribution in [0.15, 0.2) is 261 Å². The van der Waals surface area contributed by atoms with Crippen molar-refractivity contribution in [1.82, 2.24) is 15.3 Å². The molecule has 10 aromatic rings. The molecule has 0 aliphatic carbocycles. The number of aromatic nitrogens is 2. The van der Waals surface area contributed by atoms with Gasteiger partial charge in [0, 0.05) is 22.3 Å². The summed E-state index contributed by atoms with van der Waals surface area (Å²) in [6.07, 6.45) is 0. The Labute approximate surface area is 386 Å². The maximum absolute atomic E-state index is 5.43. The maximum Gasteiger partial charge on any atom is 0.160 e. The number of rotatable bonds is 10. The topological polar surface area (TPSA) is 37.8 Å². The van der Waals surface area contributed by atoms with Gasteiger partial charge in [0.2, 0.25) is 0 Å². The van der Waals surface area contributed by atoms with Gasteiger partial charge in [0.25, 0.3) is 0 Å². The smallest absolute Gasteiger partial charge is 0.160 e. The first-order valence-corrected chi connectivity index (χ1v) is 22.5. The highest BCUT2D eigenvalue weighted by Crippen LogP contribution is 2.50. The fraction of sp³-hybridized carbons (Fsp3) is 0.0159. The van der Waals surface area contributed by atoms with Crippen molar-refractivity contribution in [3.63, 3.8) is 0 Å². The highest BCUT2D eigenvalue weighted by atomic mass is 15.0. The van der Waals surface area contributed by atoms with Gasteiger partial charge in [0.05, 0.1) is 23.1 Å². The average molecular weight is 844 g/mol. The van der Waals surface area contributed by atoms with Crippen molar-refractivity contribution < 1.29 is 0 Å². The monoisotopic (exact) mass is 843 g/mol. The lowest BCUT2D eigenvalue weighted by Gasteiger charge is -2.36. The molecule has 3 nitrogen and oxygen atoms in total. The van der Waals surface area contributed by atoms with E-state index in [0.717, 1.165) is 89.4 Å². The van der Waals surface area contributed by atoms with Gasteiger partial charge in [-0.15, -0.1) is 0 Å². The Bertz CT molecular complexity index is 3240. The van der Waals surface area contributed by atoms with Crippen LogP contribution in [0.4, 0.5) is 0 Å². The molecule has 1 aliphatic rings. The Morgan fingerprint density at radius 3 is 1.17 bits per heavy atom. The van der Waals surface area contributed by atoms with Gasteiger partial charge in [-0.05, 0) is 85.5 Å². The van der Waals surface area contributed by atoms with Crippen molar-refractivity contribution in [2.75, 3.05) is 0 Å². The zero-order valence-corrected chi connectivity index (χ0v) is 36.3.